The summed E-state index contributed by atoms with van der Waals surface area (Å²) in [5.41, 5.74) is 2.65. The van der Waals surface area contributed by atoms with Gasteiger partial charge in [-0.25, -0.2) is 0 Å². The number of rotatable bonds is 4. The van der Waals surface area contributed by atoms with Crippen molar-refractivity contribution in [1.29, 1.82) is 0 Å². The van der Waals surface area contributed by atoms with Crippen LogP contribution in [0.25, 0.3) is 0 Å². The van der Waals surface area contributed by atoms with Crippen LogP contribution >= 0.6 is 0 Å². The SMILES string of the molecule is CC1CC(Nc2cccc(CN(C)C)c2)C1. The fraction of sp³-hybridized carbons (Fsp3) is 0.571. The second-order valence-corrected chi connectivity index (χ2v) is 5.36. The second kappa shape index (κ2) is 4.88. The largest absolute Gasteiger partial charge is 0.382 e. The first-order chi connectivity index (χ1) is 7.63. The monoisotopic (exact) mass is 218 g/mol. The van der Waals surface area contributed by atoms with Crippen LogP contribution in [0.1, 0.15) is 25.3 Å². The van der Waals surface area contributed by atoms with Gasteiger partial charge in [0.05, 0.1) is 0 Å². The number of benzene rings is 1. The van der Waals surface area contributed by atoms with E-state index in [9.17, 15) is 0 Å². The molecule has 1 N–H and O–H groups in total. The van der Waals surface area contributed by atoms with E-state index < -0.39 is 0 Å². The first-order valence-electron chi connectivity index (χ1n) is 6.13. The quantitative estimate of drug-likeness (QED) is 0.836. The summed E-state index contributed by atoms with van der Waals surface area (Å²) >= 11 is 0. The van der Waals surface area contributed by atoms with Gasteiger partial charge >= 0.3 is 0 Å². The molecule has 0 bridgehead atoms. The topological polar surface area (TPSA) is 15.3 Å². The van der Waals surface area contributed by atoms with E-state index in [0.717, 1.165) is 12.5 Å². The van der Waals surface area contributed by atoms with Gasteiger partial charge in [0.1, 0.15) is 0 Å². The molecule has 1 fully saturated rings. The Labute approximate surface area is 98.7 Å². The molecule has 16 heavy (non-hydrogen) atoms. The number of anilines is 1. The second-order valence-electron chi connectivity index (χ2n) is 5.36. The summed E-state index contributed by atoms with van der Waals surface area (Å²) in [6.45, 7) is 3.33. The van der Waals surface area contributed by atoms with Gasteiger partial charge in [-0.3, -0.25) is 0 Å². The predicted molar refractivity (Wildman–Crippen MR) is 69.6 cm³/mol. The highest BCUT2D eigenvalue weighted by molar-refractivity contribution is 5.47. The minimum Gasteiger partial charge on any atom is -0.382 e. The van der Waals surface area contributed by atoms with Crippen LogP contribution in [0.2, 0.25) is 0 Å². The molecule has 0 radical (unpaired) electrons. The Hall–Kier alpha value is -1.02. The molecule has 1 aliphatic rings. The third-order valence-corrected chi connectivity index (χ3v) is 3.17. The Kier molecular flexibility index (Phi) is 3.49. The molecule has 0 heterocycles. The lowest BCUT2D eigenvalue weighted by Crippen LogP contribution is -2.33. The molecule has 2 nitrogen and oxygen atoms in total. The summed E-state index contributed by atoms with van der Waals surface area (Å²) in [6, 6.07) is 9.47. The highest BCUT2D eigenvalue weighted by Crippen LogP contribution is 2.29. The summed E-state index contributed by atoms with van der Waals surface area (Å²) < 4.78 is 0. The fourth-order valence-corrected chi connectivity index (χ4v) is 2.38. The molecular weight excluding hydrogens is 196 g/mol. The Morgan fingerprint density at radius 2 is 2.06 bits per heavy atom. The maximum absolute atomic E-state index is 3.60. The standard InChI is InChI=1S/C14H22N2/c1-11-7-14(8-11)15-13-6-4-5-12(9-13)10-16(2)3/h4-6,9,11,14-15H,7-8,10H2,1-3H3. The first kappa shape index (κ1) is 11.5. The van der Waals surface area contributed by atoms with Crippen molar-refractivity contribution in [3.63, 3.8) is 0 Å². The average molecular weight is 218 g/mol. The molecular formula is C14H22N2. The molecule has 88 valence electrons. The molecule has 1 aromatic carbocycles. The highest BCUT2D eigenvalue weighted by atomic mass is 15.0. The molecule has 2 rings (SSSR count). The summed E-state index contributed by atoms with van der Waals surface area (Å²) in [6.07, 6.45) is 2.63. The van der Waals surface area contributed by atoms with Crippen LogP contribution in [-0.4, -0.2) is 25.0 Å². The predicted octanol–water partition coefficient (Wildman–Crippen LogP) is 2.96. The zero-order chi connectivity index (χ0) is 11.5. The highest BCUT2D eigenvalue weighted by Gasteiger charge is 2.24. The fourth-order valence-electron chi connectivity index (χ4n) is 2.38. The van der Waals surface area contributed by atoms with Crippen molar-refractivity contribution in [3.05, 3.63) is 29.8 Å². The lowest BCUT2D eigenvalue weighted by molar-refractivity contribution is 0.309. The molecule has 2 heteroatoms. The first-order valence-corrected chi connectivity index (χ1v) is 6.13. The molecule has 0 aromatic heterocycles. The van der Waals surface area contributed by atoms with E-state index in [1.54, 1.807) is 0 Å². The molecule has 0 unspecified atom stereocenters. The van der Waals surface area contributed by atoms with Gasteiger partial charge < -0.3 is 10.2 Å². The van der Waals surface area contributed by atoms with Crippen molar-refractivity contribution in [2.24, 2.45) is 5.92 Å². The normalized spacial score (nSPS) is 24.2. The smallest absolute Gasteiger partial charge is 0.0345 e. The van der Waals surface area contributed by atoms with Crippen molar-refractivity contribution >= 4 is 5.69 Å². The van der Waals surface area contributed by atoms with Gasteiger partial charge in [0, 0.05) is 18.3 Å². The summed E-state index contributed by atoms with van der Waals surface area (Å²) in [5.74, 6) is 0.905. The van der Waals surface area contributed by atoms with E-state index in [2.05, 4.69) is 55.5 Å². The van der Waals surface area contributed by atoms with Crippen LogP contribution < -0.4 is 5.32 Å². The number of hydrogen-bond donors (Lipinski definition) is 1. The van der Waals surface area contributed by atoms with E-state index in [1.807, 2.05) is 0 Å². The van der Waals surface area contributed by atoms with Crippen LogP contribution in [0.4, 0.5) is 5.69 Å². The maximum atomic E-state index is 3.60. The van der Waals surface area contributed by atoms with Gasteiger partial charge in [0.25, 0.3) is 0 Å². The number of nitrogens with one attached hydrogen (secondary N) is 1. The maximum Gasteiger partial charge on any atom is 0.0345 e. The molecule has 0 amide bonds. The zero-order valence-electron chi connectivity index (χ0n) is 10.5. The average Bonchev–Trinajstić information content (AvgIpc) is 2.15. The molecule has 0 saturated heterocycles. The van der Waals surface area contributed by atoms with Gasteiger partial charge in [0.15, 0.2) is 0 Å². The van der Waals surface area contributed by atoms with Gasteiger partial charge in [-0.15, -0.1) is 0 Å². The van der Waals surface area contributed by atoms with Crippen LogP contribution in [0.15, 0.2) is 24.3 Å². The summed E-state index contributed by atoms with van der Waals surface area (Å²) in [7, 11) is 4.21. The summed E-state index contributed by atoms with van der Waals surface area (Å²) in [4.78, 5) is 2.20. The van der Waals surface area contributed by atoms with Crippen molar-refractivity contribution in [1.82, 2.24) is 4.90 Å². The van der Waals surface area contributed by atoms with Crippen LogP contribution in [0.5, 0.6) is 0 Å². The van der Waals surface area contributed by atoms with E-state index in [1.165, 1.54) is 24.1 Å². The molecule has 0 spiro atoms. The minimum atomic E-state index is 0.699. The molecule has 0 aliphatic heterocycles. The Morgan fingerprint density at radius 3 is 2.69 bits per heavy atom. The lowest BCUT2D eigenvalue weighted by atomic mass is 9.82. The van der Waals surface area contributed by atoms with Gasteiger partial charge in [0.2, 0.25) is 0 Å². The van der Waals surface area contributed by atoms with Gasteiger partial charge in [-0.05, 0) is 50.6 Å². The van der Waals surface area contributed by atoms with Crippen LogP contribution in [-0.2, 0) is 6.54 Å². The Balaban J connectivity index is 1.93. The third kappa shape index (κ3) is 2.99. The third-order valence-electron chi connectivity index (χ3n) is 3.17. The van der Waals surface area contributed by atoms with Crippen molar-refractivity contribution in [2.45, 2.75) is 32.4 Å². The van der Waals surface area contributed by atoms with Crippen molar-refractivity contribution in [2.75, 3.05) is 19.4 Å². The van der Waals surface area contributed by atoms with E-state index in [-0.39, 0.29) is 0 Å². The minimum absolute atomic E-state index is 0.699. The molecule has 0 atom stereocenters. The van der Waals surface area contributed by atoms with E-state index in [0.29, 0.717) is 6.04 Å². The molecule has 1 aromatic rings. The van der Waals surface area contributed by atoms with Crippen LogP contribution in [0, 0.1) is 5.92 Å². The lowest BCUT2D eigenvalue weighted by Gasteiger charge is -2.34. The Morgan fingerprint density at radius 1 is 1.31 bits per heavy atom. The number of nitrogens with zero attached hydrogens (tertiary/aromatic N) is 1. The Bertz CT molecular complexity index is 340. The summed E-state index contributed by atoms with van der Waals surface area (Å²) in [5, 5.41) is 3.60. The van der Waals surface area contributed by atoms with Crippen LogP contribution in [0.3, 0.4) is 0 Å². The molecule has 1 saturated carbocycles. The molecule has 1 aliphatic carbocycles. The van der Waals surface area contributed by atoms with Crippen molar-refractivity contribution in [3.8, 4) is 0 Å². The number of hydrogen-bond acceptors (Lipinski definition) is 2. The van der Waals surface area contributed by atoms with Crippen molar-refractivity contribution < 1.29 is 0 Å². The zero-order valence-corrected chi connectivity index (χ0v) is 10.5. The van der Waals surface area contributed by atoms with Gasteiger partial charge in [-0.1, -0.05) is 19.1 Å². The van der Waals surface area contributed by atoms with E-state index >= 15 is 0 Å². The van der Waals surface area contributed by atoms with Gasteiger partial charge in [-0.2, -0.15) is 0 Å². The van der Waals surface area contributed by atoms with E-state index in [4.69, 9.17) is 0 Å².